The van der Waals surface area contributed by atoms with Gasteiger partial charge in [-0.05, 0) is 32.4 Å². The van der Waals surface area contributed by atoms with Crippen LogP contribution in [-0.2, 0) is 4.74 Å². The van der Waals surface area contributed by atoms with E-state index >= 15 is 0 Å². The number of amidine groups is 1. The third-order valence-corrected chi connectivity index (χ3v) is 3.88. The summed E-state index contributed by atoms with van der Waals surface area (Å²) < 4.78 is 5.57. The summed E-state index contributed by atoms with van der Waals surface area (Å²) in [6, 6.07) is 0. The van der Waals surface area contributed by atoms with E-state index in [1.54, 1.807) is 0 Å². The highest BCUT2D eigenvalue weighted by atomic mass is 16.5. The van der Waals surface area contributed by atoms with Crippen molar-refractivity contribution in [2.45, 2.75) is 39.5 Å². The average molecular weight is 257 g/mol. The Balaban J connectivity index is 2.19. The Kier molecular flexibility index (Phi) is 6.43. The van der Waals surface area contributed by atoms with Crippen molar-refractivity contribution in [1.82, 2.24) is 4.90 Å². The van der Waals surface area contributed by atoms with Gasteiger partial charge >= 0.3 is 0 Å². The minimum Gasteiger partial charge on any atom is -0.409 e. The topological polar surface area (TPSA) is 71.1 Å². The molecule has 0 bridgehead atoms. The van der Waals surface area contributed by atoms with Crippen LogP contribution in [0.2, 0.25) is 0 Å². The third-order valence-electron chi connectivity index (χ3n) is 3.88. The minimum atomic E-state index is -0.145. The number of nitrogens with zero attached hydrogens (tertiary/aromatic N) is 2. The predicted molar refractivity (Wildman–Crippen MR) is 72.9 cm³/mol. The number of piperidine rings is 1. The molecule has 0 aromatic rings. The van der Waals surface area contributed by atoms with Gasteiger partial charge in [0.05, 0.1) is 6.61 Å². The molecular weight excluding hydrogens is 230 g/mol. The Labute approximate surface area is 110 Å². The molecule has 0 atom stereocenters. The Morgan fingerprint density at radius 1 is 1.39 bits per heavy atom. The molecule has 1 saturated heterocycles. The number of ether oxygens (including phenoxy) is 1. The van der Waals surface area contributed by atoms with Gasteiger partial charge in [-0.3, -0.25) is 0 Å². The number of rotatable bonds is 7. The first-order valence-corrected chi connectivity index (χ1v) is 6.90. The highest BCUT2D eigenvalue weighted by Gasteiger charge is 2.33. The number of nitrogens with two attached hydrogens (primary N) is 1. The second-order valence-corrected chi connectivity index (χ2v) is 5.35. The van der Waals surface area contributed by atoms with E-state index in [4.69, 9.17) is 15.7 Å². The van der Waals surface area contributed by atoms with Crippen molar-refractivity contribution in [2.24, 2.45) is 16.3 Å². The van der Waals surface area contributed by atoms with E-state index in [-0.39, 0.29) is 5.41 Å². The molecule has 0 radical (unpaired) electrons. The summed E-state index contributed by atoms with van der Waals surface area (Å²) in [6.07, 6.45) is 4.21. The zero-order valence-corrected chi connectivity index (χ0v) is 11.7. The molecule has 1 aliphatic heterocycles. The average Bonchev–Trinajstić information content (AvgIpc) is 2.40. The molecule has 0 unspecified atom stereocenters. The van der Waals surface area contributed by atoms with Gasteiger partial charge in [0.15, 0.2) is 0 Å². The zero-order valence-electron chi connectivity index (χ0n) is 11.7. The van der Waals surface area contributed by atoms with Crippen LogP contribution in [0.15, 0.2) is 5.16 Å². The maximum atomic E-state index is 8.77. The van der Waals surface area contributed by atoms with Gasteiger partial charge in [-0.1, -0.05) is 25.4 Å². The fraction of sp³-hybridized carbons (Fsp3) is 0.923. The lowest BCUT2D eigenvalue weighted by Gasteiger charge is -2.38. The van der Waals surface area contributed by atoms with Gasteiger partial charge in [0.25, 0.3) is 0 Å². The molecule has 0 amide bonds. The van der Waals surface area contributed by atoms with Crippen LogP contribution in [0, 0.1) is 5.41 Å². The number of likely N-dealkylation sites (tertiary alicyclic amines) is 1. The number of hydrogen-bond acceptors (Lipinski definition) is 4. The van der Waals surface area contributed by atoms with Crippen molar-refractivity contribution < 1.29 is 9.94 Å². The Hall–Kier alpha value is -0.810. The number of hydrogen-bond donors (Lipinski definition) is 2. The van der Waals surface area contributed by atoms with Crippen LogP contribution in [0.3, 0.4) is 0 Å². The van der Waals surface area contributed by atoms with Crippen molar-refractivity contribution in [2.75, 3.05) is 32.8 Å². The molecule has 1 rings (SSSR count). The smallest absolute Gasteiger partial charge is 0.145 e. The quantitative estimate of drug-likeness (QED) is 0.239. The van der Waals surface area contributed by atoms with Gasteiger partial charge in [0.1, 0.15) is 5.84 Å². The maximum absolute atomic E-state index is 8.77. The molecule has 1 aliphatic rings. The Bertz CT molecular complexity index is 261. The largest absolute Gasteiger partial charge is 0.409 e. The predicted octanol–water partition coefficient (Wildman–Crippen LogP) is 1.65. The Morgan fingerprint density at radius 3 is 2.61 bits per heavy atom. The van der Waals surface area contributed by atoms with Crippen LogP contribution in [0.4, 0.5) is 0 Å². The van der Waals surface area contributed by atoms with Crippen LogP contribution in [-0.4, -0.2) is 48.8 Å². The summed E-state index contributed by atoms with van der Waals surface area (Å²) in [5.74, 6) is 0.362. The third kappa shape index (κ3) is 4.46. The molecule has 5 heteroatoms. The molecule has 0 spiro atoms. The van der Waals surface area contributed by atoms with E-state index in [1.165, 1.54) is 6.42 Å². The summed E-state index contributed by atoms with van der Waals surface area (Å²) in [6.45, 7) is 8.87. The summed E-state index contributed by atoms with van der Waals surface area (Å²) in [4.78, 5) is 2.39. The Morgan fingerprint density at radius 2 is 2.06 bits per heavy atom. The zero-order chi connectivity index (χ0) is 13.4. The maximum Gasteiger partial charge on any atom is 0.145 e. The van der Waals surface area contributed by atoms with Gasteiger partial charge < -0.3 is 20.6 Å². The van der Waals surface area contributed by atoms with Gasteiger partial charge in [0.2, 0.25) is 0 Å². The van der Waals surface area contributed by atoms with Crippen LogP contribution >= 0.6 is 0 Å². The summed E-state index contributed by atoms with van der Waals surface area (Å²) >= 11 is 0. The molecule has 0 saturated carbocycles. The van der Waals surface area contributed by atoms with Crippen LogP contribution < -0.4 is 5.73 Å². The summed E-state index contributed by atoms with van der Waals surface area (Å²) in [7, 11) is 0. The highest BCUT2D eigenvalue weighted by Crippen LogP contribution is 2.30. The highest BCUT2D eigenvalue weighted by molar-refractivity contribution is 5.85. The minimum absolute atomic E-state index is 0.145. The molecule has 1 fully saturated rings. The van der Waals surface area contributed by atoms with Gasteiger partial charge in [-0.2, -0.15) is 0 Å². The van der Waals surface area contributed by atoms with E-state index < -0.39 is 0 Å². The molecule has 3 N–H and O–H groups in total. The van der Waals surface area contributed by atoms with Crippen LogP contribution in [0.25, 0.3) is 0 Å². The SMILES string of the molecule is CCCCOCCN1CCC(C)(C(N)=NO)CC1. The van der Waals surface area contributed by atoms with Crippen molar-refractivity contribution in [1.29, 1.82) is 0 Å². The standard InChI is InChI=1S/C13H27N3O2/c1-3-4-10-18-11-9-16-7-5-13(2,6-8-16)12(14)15-17/h17H,3-11H2,1-2H3,(H2,14,15). The molecule has 5 nitrogen and oxygen atoms in total. The van der Waals surface area contributed by atoms with Crippen LogP contribution in [0.5, 0.6) is 0 Å². The fourth-order valence-electron chi connectivity index (χ4n) is 2.19. The monoisotopic (exact) mass is 257 g/mol. The number of unbranched alkanes of at least 4 members (excludes halogenated alkanes) is 1. The van der Waals surface area contributed by atoms with Crippen molar-refractivity contribution >= 4 is 5.84 Å². The molecule has 0 aromatic heterocycles. The second kappa shape index (κ2) is 7.59. The number of oxime groups is 1. The fourth-order valence-corrected chi connectivity index (χ4v) is 2.19. The molecule has 0 aliphatic carbocycles. The molecule has 1 heterocycles. The first-order valence-electron chi connectivity index (χ1n) is 6.90. The van der Waals surface area contributed by atoms with E-state index in [1.807, 2.05) is 0 Å². The summed E-state index contributed by atoms with van der Waals surface area (Å²) in [5, 5.41) is 11.9. The van der Waals surface area contributed by atoms with Gasteiger partial charge in [0, 0.05) is 18.6 Å². The van der Waals surface area contributed by atoms with E-state index in [9.17, 15) is 0 Å². The van der Waals surface area contributed by atoms with E-state index in [0.717, 1.165) is 52.1 Å². The van der Waals surface area contributed by atoms with Crippen LogP contribution in [0.1, 0.15) is 39.5 Å². The molecule has 0 aromatic carbocycles. The molecule has 18 heavy (non-hydrogen) atoms. The second-order valence-electron chi connectivity index (χ2n) is 5.35. The normalized spacial score (nSPS) is 21.1. The van der Waals surface area contributed by atoms with Crippen molar-refractivity contribution in [3.8, 4) is 0 Å². The van der Waals surface area contributed by atoms with Gasteiger partial charge in [-0.25, -0.2) is 0 Å². The van der Waals surface area contributed by atoms with Gasteiger partial charge in [-0.15, -0.1) is 0 Å². The lowest BCUT2D eigenvalue weighted by atomic mass is 9.79. The van der Waals surface area contributed by atoms with Crippen molar-refractivity contribution in [3.63, 3.8) is 0 Å². The van der Waals surface area contributed by atoms with Crippen molar-refractivity contribution in [3.05, 3.63) is 0 Å². The van der Waals surface area contributed by atoms with E-state index in [2.05, 4.69) is 23.9 Å². The van der Waals surface area contributed by atoms with E-state index in [0.29, 0.717) is 5.84 Å². The summed E-state index contributed by atoms with van der Waals surface area (Å²) in [5.41, 5.74) is 5.59. The molecule has 106 valence electrons. The molecular formula is C13H27N3O2. The first-order chi connectivity index (χ1) is 8.62. The first kappa shape index (κ1) is 15.2. The lowest BCUT2D eigenvalue weighted by Crippen LogP contribution is -2.46. The lowest BCUT2D eigenvalue weighted by molar-refractivity contribution is 0.0811.